The summed E-state index contributed by atoms with van der Waals surface area (Å²) in [6.07, 6.45) is 9.47. The molecule has 1 atom stereocenters. The van der Waals surface area contributed by atoms with Gasteiger partial charge in [0.2, 0.25) is 0 Å². The highest BCUT2D eigenvalue weighted by Gasteiger charge is 2.01. The molecular weight excluding hydrogens is 172 g/mol. The van der Waals surface area contributed by atoms with Crippen LogP contribution in [0.15, 0.2) is 18.6 Å². The Morgan fingerprint density at radius 1 is 1.29 bits per heavy atom. The molecule has 0 radical (unpaired) electrons. The van der Waals surface area contributed by atoms with Crippen LogP contribution in [-0.4, -0.2) is 6.61 Å². The topological polar surface area (TPSA) is 9.23 Å². The van der Waals surface area contributed by atoms with Gasteiger partial charge in [0.15, 0.2) is 0 Å². The second-order valence-electron chi connectivity index (χ2n) is 3.94. The number of unbranched alkanes of at least 4 members (excludes halogenated alkanes) is 3. The van der Waals surface area contributed by atoms with Gasteiger partial charge in [-0.15, -0.1) is 0 Å². The van der Waals surface area contributed by atoms with Gasteiger partial charge in [-0.05, 0) is 12.3 Å². The van der Waals surface area contributed by atoms with Gasteiger partial charge in [-0.25, -0.2) is 0 Å². The average Bonchev–Trinajstić information content (AvgIpc) is 2.19. The highest BCUT2D eigenvalue weighted by molar-refractivity contribution is 4.64. The molecule has 0 amide bonds. The number of ether oxygens (including phenoxy) is 1. The molecule has 0 spiro atoms. The first kappa shape index (κ1) is 13.3. The minimum absolute atomic E-state index is 0.782. The fourth-order valence-electron chi connectivity index (χ4n) is 1.45. The summed E-state index contributed by atoms with van der Waals surface area (Å²) in [6.45, 7) is 8.79. The van der Waals surface area contributed by atoms with E-state index in [9.17, 15) is 0 Å². The zero-order valence-electron chi connectivity index (χ0n) is 9.72. The van der Waals surface area contributed by atoms with Gasteiger partial charge >= 0.3 is 0 Å². The second-order valence-corrected chi connectivity index (χ2v) is 3.94. The van der Waals surface area contributed by atoms with Gasteiger partial charge < -0.3 is 4.74 Å². The van der Waals surface area contributed by atoms with Crippen LogP contribution in [0.4, 0.5) is 0 Å². The van der Waals surface area contributed by atoms with Crippen molar-refractivity contribution < 1.29 is 4.74 Å². The van der Waals surface area contributed by atoms with E-state index in [0.29, 0.717) is 0 Å². The lowest BCUT2D eigenvalue weighted by Gasteiger charge is -2.09. The monoisotopic (exact) mass is 196 g/mol. The number of rotatable bonds is 9. The maximum atomic E-state index is 5.18. The first-order valence-corrected chi connectivity index (χ1v) is 5.77. The smallest absolute Gasteiger partial charge is 0.124 e. The van der Waals surface area contributed by atoms with E-state index in [1.165, 1.54) is 32.1 Å². The maximum Gasteiger partial charge on any atom is 0.124 e. The highest BCUT2D eigenvalue weighted by Crippen LogP contribution is 2.13. The van der Waals surface area contributed by atoms with Crippen molar-refractivity contribution >= 4 is 0 Å². The molecule has 0 aliphatic carbocycles. The Bertz CT molecular complexity index is 157. The summed E-state index contributed by atoms with van der Waals surface area (Å²) in [5, 5.41) is 0. The normalized spacial score (nSPS) is 11.9. The van der Waals surface area contributed by atoms with Gasteiger partial charge in [-0.1, -0.05) is 58.3 Å². The molecule has 1 heteroatoms. The third-order valence-electron chi connectivity index (χ3n) is 2.45. The van der Waals surface area contributed by atoms with E-state index in [2.05, 4.69) is 26.2 Å². The van der Waals surface area contributed by atoms with Crippen LogP contribution >= 0.6 is 0 Å². The lowest BCUT2D eigenvalue weighted by molar-refractivity contribution is 0.222. The van der Waals surface area contributed by atoms with Crippen LogP contribution in [0.2, 0.25) is 0 Å². The molecule has 0 aliphatic rings. The van der Waals surface area contributed by atoms with Crippen molar-refractivity contribution in [2.75, 3.05) is 6.61 Å². The van der Waals surface area contributed by atoms with Crippen molar-refractivity contribution in [2.45, 2.75) is 52.4 Å². The standard InChI is InChI=1S/C13H24O/c1-4-6-7-8-9-13(3)10-12-14-11-5-2/h11,13H,2,4,6-10,12H2,1,3H3. The van der Waals surface area contributed by atoms with Crippen LogP contribution in [0.3, 0.4) is 0 Å². The van der Waals surface area contributed by atoms with Crippen molar-refractivity contribution in [3.05, 3.63) is 18.6 Å². The van der Waals surface area contributed by atoms with E-state index in [-0.39, 0.29) is 0 Å². The van der Waals surface area contributed by atoms with E-state index < -0.39 is 0 Å². The highest BCUT2D eigenvalue weighted by atomic mass is 16.5. The minimum atomic E-state index is 0.782. The van der Waals surface area contributed by atoms with E-state index in [0.717, 1.165) is 18.9 Å². The van der Waals surface area contributed by atoms with Gasteiger partial charge in [-0.2, -0.15) is 0 Å². The predicted octanol–water partition coefficient (Wildman–Crippen LogP) is 4.30. The Balaban J connectivity index is 3.18. The fraction of sp³-hybridized carbons (Fsp3) is 0.769. The van der Waals surface area contributed by atoms with Crippen molar-refractivity contribution in [3.63, 3.8) is 0 Å². The Hall–Kier alpha value is -0.680. The second kappa shape index (κ2) is 10.4. The SMILES string of the molecule is C=C=COCCC(C)CCCCCC. The zero-order valence-corrected chi connectivity index (χ0v) is 9.72. The predicted molar refractivity (Wildman–Crippen MR) is 62.2 cm³/mol. The van der Waals surface area contributed by atoms with Crippen LogP contribution in [0.1, 0.15) is 52.4 Å². The van der Waals surface area contributed by atoms with Gasteiger partial charge in [0, 0.05) is 0 Å². The Morgan fingerprint density at radius 3 is 2.71 bits per heavy atom. The molecule has 82 valence electrons. The van der Waals surface area contributed by atoms with Crippen molar-refractivity contribution in [1.82, 2.24) is 0 Å². The first-order valence-electron chi connectivity index (χ1n) is 5.77. The van der Waals surface area contributed by atoms with Crippen LogP contribution in [0.5, 0.6) is 0 Å². The zero-order chi connectivity index (χ0) is 10.6. The van der Waals surface area contributed by atoms with E-state index in [4.69, 9.17) is 4.74 Å². The molecule has 1 nitrogen and oxygen atoms in total. The van der Waals surface area contributed by atoms with E-state index in [1.807, 2.05) is 0 Å². The average molecular weight is 196 g/mol. The quantitative estimate of drug-likeness (QED) is 0.303. The molecule has 0 aliphatic heterocycles. The summed E-state index contributed by atoms with van der Waals surface area (Å²) in [5.41, 5.74) is 2.60. The van der Waals surface area contributed by atoms with Crippen LogP contribution < -0.4 is 0 Å². The van der Waals surface area contributed by atoms with E-state index in [1.54, 1.807) is 6.26 Å². The molecule has 0 N–H and O–H groups in total. The first-order chi connectivity index (χ1) is 6.81. The third-order valence-corrected chi connectivity index (χ3v) is 2.45. The molecule has 14 heavy (non-hydrogen) atoms. The maximum absolute atomic E-state index is 5.18. The summed E-state index contributed by atoms with van der Waals surface area (Å²) in [4.78, 5) is 0. The Labute approximate surface area is 88.9 Å². The molecule has 0 aromatic rings. The van der Waals surface area contributed by atoms with Gasteiger partial charge in [0.25, 0.3) is 0 Å². The third kappa shape index (κ3) is 9.41. The summed E-state index contributed by atoms with van der Waals surface area (Å²) in [5.74, 6) is 0.782. The molecule has 0 saturated carbocycles. The molecule has 0 bridgehead atoms. The van der Waals surface area contributed by atoms with Gasteiger partial charge in [0.05, 0.1) is 6.61 Å². The summed E-state index contributed by atoms with van der Waals surface area (Å²) >= 11 is 0. The molecule has 1 unspecified atom stereocenters. The lowest BCUT2D eigenvalue weighted by atomic mass is 10.00. The number of hydrogen-bond donors (Lipinski definition) is 0. The Kier molecular flexibility index (Phi) is 9.90. The van der Waals surface area contributed by atoms with Gasteiger partial charge in [0.1, 0.15) is 6.26 Å². The van der Waals surface area contributed by atoms with Gasteiger partial charge in [-0.3, -0.25) is 0 Å². The Morgan fingerprint density at radius 2 is 2.07 bits per heavy atom. The molecule has 0 aromatic carbocycles. The molecule has 0 heterocycles. The van der Waals surface area contributed by atoms with Crippen LogP contribution in [0.25, 0.3) is 0 Å². The molecule has 0 aromatic heterocycles. The lowest BCUT2D eigenvalue weighted by Crippen LogP contribution is -1.99. The summed E-state index contributed by atoms with van der Waals surface area (Å²) in [6, 6.07) is 0. The van der Waals surface area contributed by atoms with Crippen LogP contribution in [0, 0.1) is 5.92 Å². The molecule has 0 saturated heterocycles. The molecule has 0 fully saturated rings. The van der Waals surface area contributed by atoms with Crippen LogP contribution in [-0.2, 0) is 4.74 Å². The summed E-state index contributed by atoms with van der Waals surface area (Å²) in [7, 11) is 0. The molecular formula is C13H24O. The fourth-order valence-corrected chi connectivity index (χ4v) is 1.45. The van der Waals surface area contributed by atoms with Crippen molar-refractivity contribution in [2.24, 2.45) is 5.92 Å². The number of hydrogen-bond acceptors (Lipinski definition) is 1. The molecule has 0 rings (SSSR count). The largest absolute Gasteiger partial charge is 0.493 e. The summed E-state index contributed by atoms with van der Waals surface area (Å²) < 4.78 is 5.18. The van der Waals surface area contributed by atoms with Crippen molar-refractivity contribution in [3.8, 4) is 0 Å². The minimum Gasteiger partial charge on any atom is -0.493 e. The van der Waals surface area contributed by atoms with E-state index >= 15 is 0 Å². The van der Waals surface area contributed by atoms with Crippen molar-refractivity contribution in [1.29, 1.82) is 0 Å².